The Morgan fingerprint density at radius 3 is 1.86 bits per heavy atom. The number of hydrogen-bond donors (Lipinski definition) is 0. The second kappa shape index (κ2) is 8.97. The molecule has 154 valence electrons. The summed E-state index contributed by atoms with van der Waals surface area (Å²) >= 11 is 5.91. The van der Waals surface area contributed by atoms with Gasteiger partial charge in [0.1, 0.15) is 0 Å². The van der Waals surface area contributed by atoms with Gasteiger partial charge in [-0.2, -0.15) is 0 Å². The van der Waals surface area contributed by atoms with Gasteiger partial charge in [-0.1, -0.05) is 23.7 Å². The highest BCUT2D eigenvalue weighted by molar-refractivity contribution is 6.30. The van der Waals surface area contributed by atoms with Gasteiger partial charge in [-0.05, 0) is 36.9 Å². The van der Waals surface area contributed by atoms with Crippen LogP contribution in [0.2, 0.25) is 5.02 Å². The molecule has 1 amide bonds. The van der Waals surface area contributed by atoms with Crippen LogP contribution in [0.4, 0.5) is 11.6 Å². The largest absolute Gasteiger partial charge is 0.353 e. The van der Waals surface area contributed by atoms with Crippen LogP contribution < -0.4 is 9.80 Å². The second-order valence-electron chi connectivity index (χ2n) is 7.71. The summed E-state index contributed by atoms with van der Waals surface area (Å²) < 4.78 is 0. The Labute approximate surface area is 176 Å². The highest BCUT2D eigenvalue weighted by Gasteiger charge is 2.23. The van der Waals surface area contributed by atoms with Gasteiger partial charge in [-0.3, -0.25) is 4.79 Å². The number of nitrogens with zero attached hydrogens (tertiary/aromatic N) is 6. The maximum absolute atomic E-state index is 12.6. The van der Waals surface area contributed by atoms with Crippen molar-refractivity contribution in [2.24, 2.45) is 0 Å². The molecular weight excluding hydrogens is 388 g/mol. The molecule has 29 heavy (non-hydrogen) atoms. The third-order valence-electron chi connectivity index (χ3n) is 5.69. The first-order valence-electron chi connectivity index (χ1n) is 10.1. The van der Waals surface area contributed by atoms with Gasteiger partial charge < -0.3 is 19.6 Å². The van der Waals surface area contributed by atoms with E-state index in [1.165, 1.54) is 0 Å². The summed E-state index contributed by atoms with van der Waals surface area (Å²) in [6.45, 7) is 7.02. The zero-order chi connectivity index (χ0) is 20.2. The van der Waals surface area contributed by atoms with Gasteiger partial charge in [-0.15, -0.1) is 10.2 Å². The zero-order valence-corrected chi connectivity index (χ0v) is 17.6. The van der Waals surface area contributed by atoms with Crippen LogP contribution in [-0.2, 0) is 11.2 Å². The fourth-order valence-electron chi connectivity index (χ4n) is 3.76. The first kappa shape index (κ1) is 19.9. The van der Waals surface area contributed by atoms with Crippen LogP contribution in [0.25, 0.3) is 0 Å². The maximum Gasteiger partial charge on any atom is 0.227 e. The Balaban J connectivity index is 1.29. The number of amides is 1. The van der Waals surface area contributed by atoms with Crippen LogP contribution in [-0.4, -0.2) is 85.3 Å². The van der Waals surface area contributed by atoms with E-state index >= 15 is 0 Å². The van der Waals surface area contributed by atoms with E-state index in [2.05, 4.69) is 38.0 Å². The van der Waals surface area contributed by atoms with Crippen molar-refractivity contribution in [2.75, 3.05) is 69.2 Å². The number of piperazine rings is 2. The van der Waals surface area contributed by atoms with E-state index in [4.69, 9.17) is 11.6 Å². The Kier molecular flexibility index (Phi) is 6.16. The van der Waals surface area contributed by atoms with Crippen LogP contribution in [0.15, 0.2) is 36.4 Å². The van der Waals surface area contributed by atoms with Crippen LogP contribution in [0.5, 0.6) is 0 Å². The molecule has 2 aromatic rings. The number of benzene rings is 1. The Morgan fingerprint density at radius 2 is 1.34 bits per heavy atom. The van der Waals surface area contributed by atoms with Gasteiger partial charge in [-0.25, -0.2) is 0 Å². The van der Waals surface area contributed by atoms with Crippen LogP contribution >= 0.6 is 11.6 Å². The number of rotatable bonds is 4. The second-order valence-corrected chi connectivity index (χ2v) is 8.15. The molecule has 4 rings (SSSR count). The number of anilines is 2. The highest BCUT2D eigenvalue weighted by atomic mass is 35.5. The third-order valence-corrected chi connectivity index (χ3v) is 5.94. The van der Waals surface area contributed by atoms with E-state index < -0.39 is 0 Å². The van der Waals surface area contributed by atoms with Gasteiger partial charge in [0, 0.05) is 57.4 Å². The standard InChI is InChI=1S/C21H27ClN6O/c1-25-8-10-26(11-9-25)19-6-7-20(24-23-19)27-12-14-28(15-13-27)21(29)16-17-2-4-18(22)5-3-17/h2-7H,8-16H2,1H3. The molecule has 0 aliphatic carbocycles. The molecule has 1 aromatic carbocycles. The van der Waals surface area contributed by atoms with Crippen molar-refractivity contribution < 1.29 is 4.79 Å². The molecule has 0 spiro atoms. The molecule has 0 N–H and O–H groups in total. The minimum Gasteiger partial charge on any atom is -0.353 e. The Hall–Kier alpha value is -2.38. The molecule has 1 aromatic heterocycles. The zero-order valence-electron chi connectivity index (χ0n) is 16.8. The number of likely N-dealkylation sites (N-methyl/N-ethyl adjacent to an activating group) is 1. The average Bonchev–Trinajstić information content (AvgIpc) is 2.76. The lowest BCUT2D eigenvalue weighted by Gasteiger charge is -2.36. The summed E-state index contributed by atoms with van der Waals surface area (Å²) in [5, 5.41) is 9.58. The van der Waals surface area contributed by atoms with E-state index in [1.807, 2.05) is 35.2 Å². The molecule has 0 atom stereocenters. The van der Waals surface area contributed by atoms with Crippen molar-refractivity contribution in [1.29, 1.82) is 0 Å². The normalized spacial score (nSPS) is 18.2. The SMILES string of the molecule is CN1CCN(c2ccc(N3CCN(C(=O)Cc4ccc(Cl)cc4)CC3)nn2)CC1. The quantitative estimate of drug-likeness (QED) is 0.760. The van der Waals surface area contributed by atoms with Crippen molar-refractivity contribution >= 4 is 29.1 Å². The van der Waals surface area contributed by atoms with Crippen molar-refractivity contribution in [2.45, 2.75) is 6.42 Å². The van der Waals surface area contributed by atoms with E-state index in [0.717, 1.165) is 56.5 Å². The smallest absolute Gasteiger partial charge is 0.227 e. The molecule has 2 fully saturated rings. The van der Waals surface area contributed by atoms with Gasteiger partial charge >= 0.3 is 0 Å². The summed E-state index contributed by atoms with van der Waals surface area (Å²) in [5.74, 6) is 1.98. The van der Waals surface area contributed by atoms with E-state index in [-0.39, 0.29) is 5.91 Å². The summed E-state index contributed by atoms with van der Waals surface area (Å²) in [6, 6.07) is 11.6. The van der Waals surface area contributed by atoms with Crippen LogP contribution in [0.3, 0.4) is 0 Å². The number of halogens is 1. The molecule has 0 saturated carbocycles. The molecule has 2 aliphatic heterocycles. The van der Waals surface area contributed by atoms with Crippen LogP contribution in [0, 0.1) is 0 Å². The molecule has 0 radical (unpaired) electrons. The van der Waals surface area contributed by atoms with E-state index in [9.17, 15) is 4.79 Å². The van der Waals surface area contributed by atoms with Crippen molar-refractivity contribution in [1.82, 2.24) is 20.0 Å². The maximum atomic E-state index is 12.6. The van der Waals surface area contributed by atoms with Crippen molar-refractivity contribution in [3.05, 3.63) is 47.0 Å². The predicted molar refractivity (Wildman–Crippen MR) is 116 cm³/mol. The minimum absolute atomic E-state index is 0.156. The molecule has 0 unspecified atom stereocenters. The third kappa shape index (κ3) is 4.97. The fourth-order valence-corrected chi connectivity index (χ4v) is 3.89. The summed E-state index contributed by atoms with van der Waals surface area (Å²) in [7, 11) is 2.14. The van der Waals surface area contributed by atoms with Gasteiger partial charge in [0.25, 0.3) is 0 Å². The number of aromatic nitrogens is 2. The van der Waals surface area contributed by atoms with Crippen LogP contribution in [0.1, 0.15) is 5.56 Å². The van der Waals surface area contributed by atoms with E-state index in [1.54, 1.807) is 0 Å². The van der Waals surface area contributed by atoms with Gasteiger partial charge in [0.2, 0.25) is 5.91 Å². The van der Waals surface area contributed by atoms with Crippen molar-refractivity contribution in [3.8, 4) is 0 Å². The van der Waals surface area contributed by atoms with Gasteiger partial charge in [0.05, 0.1) is 6.42 Å². The topological polar surface area (TPSA) is 55.8 Å². The lowest BCUT2D eigenvalue weighted by Crippen LogP contribution is -2.49. The summed E-state index contributed by atoms with van der Waals surface area (Å²) in [6.07, 6.45) is 0.413. The number of carbonyl (C=O) groups excluding carboxylic acids is 1. The Morgan fingerprint density at radius 1 is 0.828 bits per heavy atom. The first-order valence-corrected chi connectivity index (χ1v) is 10.5. The Bertz CT molecular complexity index is 812. The number of carbonyl (C=O) groups is 1. The lowest BCUT2D eigenvalue weighted by molar-refractivity contribution is -0.130. The monoisotopic (exact) mass is 414 g/mol. The molecular formula is C21H27ClN6O. The lowest BCUT2D eigenvalue weighted by atomic mass is 10.1. The molecule has 2 aliphatic rings. The van der Waals surface area contributed by atoms with E-state index in [0.29, 0.717) is 24.5 Å². The molecule has 2 saturated heterocycles. The van der Waals surface area contributed by atoms with Gasteiger partial charge in [0.15, 0.2) is 11.6 Å². The highest BCUT2D eigenvalue weighted by Crippen LogP contribution is 2.18. The first-order chi connectivity index (χ1) is 14.1. The molecule has 3 heterocycles. The summed E-state index contributed by atoms with van der Waals surface area (Å²) in [4.78, 5) is 21.3. The number of hydrogen-bond acceptors (Lipinski definition) is 6. The molecule has 8 heteroatoms. The van der Waals surface area contributed by atoms with Crippen molar-refractivity contribution in [3.63, 3.8) is 0 Å². The predicted octanol–water partition coefficient (Wildman–Crippen LogP) is 1.77. The minimum atomic E-state index is 0.156. The fraction of sp³-hybridized carbons (Fsp3) is 0.476. The summed E-state index contributed by atoms with van der Waals surface area (Å²) in [5.41, 5.74) is 0.993. The molecule has 7 nitrogen and oxygen atoms in total. The average molecular weight is 415 g/mol. The molecule has 0 bridgehead atoms.